The van der Waals surface area contributed by atoms with Crippen molar-refractivity contribution in [3.63, 3.8) is 0 Å². The van der Waals surface area contributed by atoms with Crippen molar-refractivity contribution in [2.45, 2.75) is 45.2 Å². The van der Waals surface area contributed by atoms with Gasteiger partial charge < -0.3 is 15.5 Å². The molecule has 1 spiro atoms. The monoisotopic (exact) mass is 304 g/mol. The Balaban J connectivity index is 1.53. The number of aryl methyl sites for hydroxylation is 1. The summed E-state index contributed by atoms with van der Waals surface area (Å²) in [6, 6.07) is 0.277. The van der Waals surface area contributed by atoms with Crippen LogP contribution in [-0.2, 0) is 6.54 Å². The van der Waals surface area contributed by atoms with Gasteiger partial charge in [0.15, 0.2) is 0 Å². The van der Waals surface area contributed by atoms with Gasteiger partial charge in [-0.25, -0.2) is 4.68 Å². The lowest BCUT2D eigenvalue weighted by molar-refractivity contribution is 0.0711. The molecule has 7 heteroatoms. The summed E-state index contributed by atoms with van der Waals surface area (Å²) in [5.74, 6) is 1.08. The number of nitrogens with zero attached hydrogens (tertiary/aromatic N) is 4. The van der Waals surface area contributed by atoms with E-state index in [1.807, 2.05) is 9.58 Å². The number of fused-ring (bicyclic) bond motifs is 1. The van der Waals surface area contributed by atoms with Gasteiger partial charge in [-0.05, 0) is 51.1 Å². The lowest BCUT2D eigenvalue weighted by Gasteiger charge is -2.33. The van der Waals surface area contributed by atoms with E-state index in [0.717, 1.165) is 64.4 Å². The van der Waals surface area contributed by atoms with Gasteiger partial charge in [-0.15, -0.1) is 5.10 Å². The first-order valence-electron chi connectivity index (χ1n) is 8.37. The van der Waals surface area contributed by atoms with Crippen LogP contribution in [0.1, 0.15) is 43.2 Å². The summed E-state index contributed by atoms with van der Waals surface area (Å²) in [5, 5.41) is 11.0. The average molecular weight is 304 g/mol. The molecular weight excluding hydrogens is 280 g/mol. The summed E-state index contributed by atoms with van der Waals surface area (Å²) >= 11 is 0. The second-order valence-corrected chi connectivity index (χ2v) is 7.00. The van der Waals surface area contributed by atoms with Crippen molar-refractivity contribution in [3.8, 4) is 0 Å². The van der Waals surface area contributed by atoms with Gasteiger partial charge >= 0.3 is 0 Å². The van der Waals surface area contributed by atoms with E-state index in [0.29, 0.717) is 11.2 Å². The van der Waals surface area contributed by atoms with Crippen LogP contribution in [0.3, 0.4) is 0 Å². The summed E-state index contributed by atoms with van der Waals surface area (Å²) in [5.41, 5.74) is 0.304. The van der Waals surface area contributed by atoms with Crippen molar-refractivity contribution in [3.05, 3.63) is 5.82 Å². The maximum Gasteiger partial charge on any atom is 0.293 e. The molecule has 0 aromatic carbocycles. The van der Waals surface area contributed by atoms with Gasteiger partial charge in [-0.3, -0.25) is 4.79 Å². The van der Waals surface area contributed by atoms with Crippen LogP contribution in [0.15, 0.2) is 0 Å². The molecule has 1 atom stereocenters. The normalized spacial score (nSPS) is 26.8. The predicted octanol–water partition coefficient (Wildman–Crippen LogP) is 0.698. The Labute approximate surface area is 130 Å². The van der Waals surface area contributed by atoms with E-state index >= 15 is 0 Å². The fourth-order valence-corrected chi connectivity index (χ4v) is 4.19. The van der Waals surface area contributed by atoms with E-state index in [-0.39, 0.29) is 11.9 Å². The predicted molar refractivity (Wildman–Crippen MR) is 82.8 cm³/mol. The van der Waals surface area contributed by atoms with Gasteiger partial charge in [0.25, 0.3) is 5.91 Å². The van der Waals surface area contributed by atoms with E-state index in [4.69, 9.17) is 0 Å². The van der Waals surface area contributed by atoms with Crippen LogP contribution in [0.4, 0.5) is 5.95 Å². The summed E-state index contributed by atoms with van der Waals surface area (Å²) in [4.78, 5) is 19.2. The third kappa shape index (κ3) is 2.27. The minimum absolute atomic E-state index is 0.00777. The molecule has 2 saturated heterocycles. The van der Waals surface area contributed by atoms with Gasteiger partial charge in [-0.1, -0.05) is 0 Å². The van der Waals surface area contributed by atoms with E-state index < -0.39 is 0 Å². The zero-order valence-electron chi connectivity index (χ0n) is 13.1. The Hall–Kier alpha value is -1.63. The third-order valence-electron chi connectivity index (χ3n) is 5.38. The Morgan fingerprint density at radius 1 is 1.32 bits per heavy atom. The molecule has 0 saturated carbocycles. The Morgan fingerprint density at radius 3 is 2.91 bits per heavy atom. The van der Waals surface area contributed by atoms with Crippen molar-refractivity contribution in [1.82, 2.24) is 25.0 Å². The van der Waals surface area contributed by atoms with Crippen molar-refractivity contribution < 1.29 is 4.79 Å². The van der Waals surface area contributed by atoms with E-state index in [9.17, 15) is 4.79 Å². The van der Waals surface area contributed by atoms with Crippen molar-refractivity contribution >= 4 is 11.9 Å². The zero-order valence-corrected chi connectivity index (χ0v) is 13.1. The molecular formula is C15H24N6O. The maximum absolute atomic E-state index is 12.8. The number of rotatable bonds is 1. The topological polar surface area (TPSA) is 75.1 Å². The molecule has 0 aliphatic carbocycles. The van der Waals surface area contributed by atoms with E-state index in [1.165, 1.54) is 0 Å². The minimum Gasteiger partial charge on any atom is -0.354 e. The molecule has 2 fully saturated rings. The maximum atomic E-state index is 12.8. The molecule has 22 heavy (non-hydrogen) atoms. The third-order valence-corrected chi connectivity index (χ3v) is 5.38. The number of carbonyl (C=O) groups is 1. The second kappa shape index (κ2) is 5.22. The molecule has 1 unspecified atom stereocenters. The van der Waals surface area contributed by atoms with Gasteiger partial charge in [0.05, 0.1) is 0 Å². The van der Waals surface area contributed by atoms with Crippen LogP contribution < -0.4 is 10.6 Å². The van der Waals surface area contributed by atoms with Crippen LogP contribution in [0.5, 0.6) is 0 Å². The second-order valence-electron chi connectivity index (χ2n) is 7.00. The molecule has 3 aliphatic rings. The number of likely N-dealkylation sites (tertiary alicyclic amines) is 1. The van der Waals surface area contributed by atoms with Crippen molar-refractivity contribution in [2.24, 2.45) is 5.41 Å². The summed E-state index contributed by atoms with van der Waals surface area (Å²) in [7, 11) is 0. The Kier molecular flexibility index (Phi) is 3.32. The van der Waals surface area contributed by atoms with Crippen molar-refractivity contribution in [1.29, 1.82) is 0 Å². The molecule has 4 heterocycles. The highest BCUT2D eigenvalue weighted by atomic mass is 16.2. The number of hydrogen-bond donors (Lipinski definition) is 2. The molecule has 4 rings (SSSR count). The average Bonchev–Trinajstić information content (AvgIpc) is 3.09. The van der Waals surface area contributed by atoms with Crippen LogP contribution in [0.2, 0.25) is 0 Å². The first-order valence-corrected chi connectivity index (χ1v) is 8.37. The van der Waals surface area contributed by atoms with Gasteiger partial charge in [0.1, 0.15) is 0 Å². The fourth-order valence-electron chi connectivity index (χ4n) is 4.19. The number of nitrogens with one attached hydrogen (secondary N) is 2. The first-order chi connectivity index (χ1) is 10.7. The molecule has 2 N–H and O–H groups in total. The highest BCUT2D eigenvalue weighted by Gasteiger charge is 2.45. The SMILES string of the molecule is CC1CC2(CCNCC2)CN1C(=O)c1nc2n(n1)CCCN2. The molecule has 120 valence electrons. The first kappa shape index (κ1) is 14.0. The van der Waals surface area contributed by atoms with Gasteiger partial charge in [0, 0.05) is 25.7 Å². The number of hydrogen-bond acceptors (Lipinski definition) is 5. The summed E-state index contributed by atoms with van der Waals surface area (Å²) in [6.07, 6.45) is 4.46. The smallest absolute Gasteiger partial charge is 0.293 e. The molecule has 0 radical (unpaired) electrons. The number of carbonyl (C=O) groups excluding carboxylic acids is 1. The summed E-state index contributed by atoms with van der Waals surface area (Å²) in [6.45, 7) is 6.89. The molecule has 1 aromatic rings. The van der Waals surface area contributed by atoms with Crippen molar-refractivity contribution in [2.75, 3.05) is 31.5 Å². The number of amides is 1. The number of anilines is 1. The number of aromatic nitrogens is 3. The Bertz CT molecular complexity index is 553. The minimum atomic E-state index is -0.00777. The highest BCUT2D eigenvalue weighted by molar-refractivity contribution is 5.91. The van der Waals surface area contributed by atoms with Gasteiger partial charge in [-0.2, -0.15) is 4.98 Å². The van der Waals surface area contributed by atoms with Crippen LogP contribution in [-0.4, -0.2) is 57.8 Å². The molecule has 1 aromatic heterocycles. The van der Waals surface area contributed by atoms with Gasteiger partial charge in [0.2, 0.25) is 11.8 Å². The quantitative estimate of drug-likeness (QED) is 0.799. The van der Waals surface area contributed by atoms with Crippen LogP contribution in [0.25, 0.3) is 0 Å². The van der Waals surface area contributed by atoms with E-state index in [1.54, 1.807) is 0 Å². The van der Waals surface area contributed by atoms with Crippen LogP contribution >= 0.6 is 0 Å². The highest BCUT2D eigenvalue weighted by Crippen LogP contribution is 2.42. The largest absolute Gasteiger partial charge is 0.354 e. The van der Waals surface area contributed by atoms with E-state index in [2.05, 4.69) is 27.6 Å². The molecule has 3 aliphatic heterocycles. The lowest BCUT2D eigenvalue weighted by atomic mass is 9.77. The molecule has 0 bridgehead atoms. The standard InChI is InChI=1S/C15H24N6O/c1-11-9-15(3-6-16-7-4-15)10-20(11)13(22)12-18-14-17-5-2-8-21(14)19-12/h11,16H,2-10H2,1H3,(H,17,18,19). The summed E-state index contributed by atoms with van der Waals surface area (Å²) < 4.78 is 1.82. The zero-order chi connectivity index (χ0) is 15.2. The van der Waals surface area contributed by atoms with Crippen LogP contribution in [0, 0.1) is 5.41 Å². The Morgan fingerprint density at radius 2 is 2.14 bits per heavy atom. The number of piperidine rings is 1. The molecule has 1 amide bonds. The fraction of sp³-hybridized carbons (Fsp3) is 0.800. The lowest BCUT2D eigenvalue weighted by Crippen LogP contribution is -2.40. The molecule has 7 nitrogen and oxygen atoms in total.